The molecule has 2 heterocycles. The minimum atomic E-state index is -1.32. The lowest BCUT2D eigenvalue weighted by molar-refractivity contribution is -0.185. The number of fused-ring (bicyclic) bond motifs is 2. The van der Waals surface area contributed by atoms with Crippen molar-refractivity contribution in [3.8, 4) is 23.0 Å². The van der Waals surface area contributed by atoms with Crippen LogP contribution in [0.25, 0.3) is 0 Å². The van der Waals surface area contributed by atoms with Gasteiger partial charge in [0.1, 0.15) is 0 Å². The highest BCUT2D eigenvalue weighted by atomic mass is 16.8. The summed E-state index contributed by atoms with van der Waals surface area (Å²) in [5.41, 5.74) is 1.51. The summed E-state index contributed by atoms with van der Waals surface area (Å²) < 4.78 is 40.8. The highest BCUT2D eigenvalue weighted by Gasteiger charge is 2.67. The lowest BCUT2D eigenvalue weighted by atomic mass is 9.59. The summed E-state index contributed by atoms with van der Waals surface area (Å²) in [4.78, 5) is 13.4. The maximum atomic E-state index is 13.4. The Morgan fingerprint density at radius 3 is 2.42 bits per heavy atom. The first-order valence-corrected chi connectivity index (χ1v) is 10.3. The van der Waals surface area contributed by atoms with E-state index in [1.54, 1.807) is 21.3 Å². The fourth-order valence-electron chi connectivity index (χ4n) is 5.49. The lowest BCUT2D eigenvalue weighted by Crippen LogP contribution is -2.57. The quantitative estimate of drug-likeness (QED) is 0.721. The van der Waals surface area contributed by atoms with Crippen LogP contribution in [0.2, 0.25) is 0 Å². The molecule has 0 N–H and O–H groups in total. The molecule has 5 rings (SSSR count). The van der Waals surface area contributed by atoms with Gasteiger partial charge in [0.25, 0.3) is 5.79 Å². The van der Waals surface area contributed by atoms with Gasteiger partial charge in [-0.25, -0.2) is 0 Å². The van der Waals surface area contributed by atoms with Gasteiger partial charge in [-0.3, -0.25) is 9.53 Å². The Kier molecular flexibility index (Phi) is 4.41. The second kappa shape index (κ2) is 6.82. The number of hydrogen-bond acceptors (Lipinski definition) is 8. The number of hydrogen-bond donors (Lipinski definition) is 0. The van der Waals surface area contributed by atoms with Gasteiger partial charge in [-0.05, 0) is 17.9 Å². The maximum Gasteiger partial charge on any atom is 0.283 e. The lowest BCUT2D eigenvalue weighted by Gasteiger charge is -2.52. The molecule has 31 heavy (non-hydrogen) atoms. The van der Waals surface area contributed by atoms with E-state index in [2.05, 4.69) is 13.8 Å². The summed E-state index contributed by atoms with van der Waals surface area (Å²) in [6.45, 7) is 4.24. The highest BCUT2D eigenvalue weighted by Crippen LogP contribution is 2.64. The largest absolute Gasteiger partial charge is 0.493 e. The molecule has 8 heteroatoms. The molecule has 2 aliphatic heterocycles. The van der Waals surface area contributed by atoms with Gasteiger partial charge in [0, 0.05) is 17.1 Å². The average Bonchev–Trinajstić information content (AvgIpc) is 3.18. The van der Waals surface area contributed by atoms with Crippen LogP contribution in [0, 0.1) is 17.8 Å². The Morgan fingerprint density at radius 2 is 1.77 bits per heavy atom. The highest BCUT2D eigenvalue weighted by molar-refractivity contribution is 6.09. The van der Waals surface area contributed by atoms with E-state index in [9.17, 15) is 4.79 Å². The molecular formula is C23H26O8. The van der Waals surface area contributed by atoms with Crippen molar-refractivity contribution < 1.29 is 38.0 Å². The third kappa shape index (κ3) is 2.36. The Labute approximate surface area is 180 Å². The first-order valence-electron chi connectivity index (χ1n) is 10.3. The summed E-state index contributed by atoms with van der Waals surface area (Å²) in [5.74, 6) is 0.575. The number of ketones is 1. The van der Waals surface area contributed by atoms with Crippen LogP contribution < -0.4 is 18.9 Å². The summed E-state index contributed by atoms with van der Waals surface area (Å²) in [6, 6.07) is 1.91. The Balaban J connectivity index is 1.86. The maximum absolute atomic E-state index is 13.4. The van der Waals surface area contributed by atoms with Crippen molar-refractivity contribution in [2.75, 3.05) is 35.2 Å². The van der Waals surface area contributed by atoms with Gasteiger partial charge < -0.3 is 28.4 Å². The van der Waals surface area contributed by atoms with Crippen LogP contribution in [-0.2, 0) is 19.0 Å². The molecule has 1 spiro atoms. The smallest absolute Gasteiger partial charge is 0.283 e. The van der Waals surface area contributed by atoms with Crippen molar-refractivity contribution in [1.82, 2.24) is 0 Å². The normalized spacial score (nSPS) is 32.7. The van der Waals surface area contributed by atoms with Gasteiger partial charge in [0.2, 0.25) is 28.8 Å². The van der Waals surface area contributed by atoms with Crippen LogP contribution >= 0.6 is 0 Å². The van der Waals surface area contributed by atoms with Gasteiger partial charge in [0.15, 0.2) is 18.3 Å². The van der Waals surface area contributed by atoms with Crippen LogP contribution in [0.4, 0.5) is 0 Å². The van der Waals surface area contributed by atoms with E-state index in [4.69, 9.17) is 33.2 Å². The molecule has 1 aromatic carbocycles. The van der Waals surface area contributed by atoms with E-state index in [1.165, 1.54) is 7.11 Å². The zero-order chi connectivity index (χ0) is 22.1. The van der Waals surface area contributed by atoms with Crippen LogP contribution in [0.15, 0.2) is 29.2 Å². The molecule has 0 saturated carbocycles. The molecule has 1 aromatic rings. The van der Waals surface area contributed by atoms with E-state index in [1.807, 2.05) is 12.1 Å². The number of carbonyl (C=O) groups excluding carboxylic acids is 1. The molecule has 1 saturated heterocycles. The second-order valence-corrected chi connectivity index (χ2v) is 8.27. The molecule has 166 valence electrons. The predicted molar refractivity (Wildman–Crippen MR) is 108 cm³/mol. The number of methoxy groups -OCH3 is 4. The molecule has 8 nitrogen and oxygen atoms in total. The zero-order valence-electron chi connectivity index (χ0n) is 18.4. The minimum absolute atomic E-state index is 0.0408. The molecule has 0 aromatic heterocycles. The summed E-state index contributed by atoms with van der Waals surface area (Å²) >= 11 is 0. The van der Waals surface area contributed by atoms with E-state index in [0.29, 0.717) is 28.6 Å². The first-order chi connectivity index (χ1) is 14.9. The van der Waals surface area contributed by atoms with Crippen molar-refractivity contribution in [3.05, 3.63) is 34.8 Å². The number of Topliss-reactive ketones (excluding diaryl/α,β-unsaturated/α-hetero) is 1. The third-order valence-electron chi connectivity index (χ3n) is 7.04. The SMILES string of the molecule is COC1=C2OCOC23Oc2c(cc(OC)c(OC)c2OC)C2C(C)C(C)C=C(C1=O)C23. The van der Waals surface area contributed by atoms with Gasteiger partial charge in [-0.1, -0.05) is 19.9 Å². The van der Waals surface area contributed by atoms with E-state index in [0.717, 1.165) is 5.56 Å². The molecule has 5 atom stereocenters. The molecule has 0 bridgehead atoms. The number of ether oxygens (including phenoxy) is 7. The van der Waals surface area contributed by atoms with Crippen LogP contribution in [0.1, 0.15) is 25.3 Å². The Bertz CT molecular complexity index is 1020. The van der Waals surface area contributed by atoms with E-state index >= 15 is 0 Å². The predicted octanol–water partition coefficient (Wildman–Crippen LogP) is 3.16. The van der Waals surface area contributed by atoms with Crippen molar-refractivity contribution in [2.45, 2.75) is 25.6 Å². The molecule has 1 fully saturated rings. The first kappa shape index (κ1) is 20.1. The molecule has 0 radical (unpaired) electrons. The Hall–Kier alpha value is -2.87. The zero-order valence-corrected chi connectivity index (χ0v) is 18.4. The van der Waals surface area contributed by atoms with Crippen molar-refractivity contribution in [3.63, 3.8) is 0 Å². The van der Waals surface area contributed by atoms with Crippen LogP contribution in [-0.4, -0.2) is 46.8 Å². The van der Waals surface area contributed by atoms with Crippen molar-refractivity contribution in [1.29, 1.82) is 0 Å². The number of rotatable bonds is 4. The summed E-state index contributed by atoms with van der Waals surface area (Å²) in [7, 11) is 6.13. The van der Waals surface area contributed by atoms with E-state index < -0.39 is 11.7 Å². The molecule has 5 unspecified atom stereocenters. The second-order valence-electron chi connectivity index (χ2n) is 8.27. The number of carbonyl (C=O) groups is 1. The molecule has 0 amide bonds. The summed E-state index contributed by atoms with van der Waals surface area (Å²) in [5, 5.41) is 0. The van der Waals surface area contributed by atoms with Crippen LogP contribution in [0.3, 0.4) is 0 Å². The summed E-state index contributed by atoms with van der Waals surface area (Å²) in [6.07, 6.45) is 2.01. The minimum Gasteiger partial charge on any atom is -0.493 e. The molecular weight excluding hydrogens is 404 g/mol. The molecule has 2 aliphatic carbocycles. The van der Waals surface area contributed by atoms with Gasteiger partial charge in [0.05, 0.1) is 34.4 Å². The standard InChI is InChI=1S/C23H26O8/c1-10-7-13-16-15(11(10)2)12-8-14(25-3)19(26-4)21(28-6)18(12)31-23(16)22(29-9-30-23)20(27-5)17(13)24/h7-8,10-11,15-16H,9H2,1-6H3. The van der Waals surface area contributed by atoms with Gasteiger partial charge in [-0.15, -0.1) is 0 Å². The topological polar surface area (TPSA) is 81.7 Å². The van der Waals surface area contributed by atoms with Gasteiger partial charge in [-0.2, -0.15) is 0 Å². The number of allylic oxidation sites excluding steroid dienone is 2. The van der Waals surface area contributed by atoms with E-state index in [-0.39, 0.29) is 41.8 Å². The van der Waals surface area contributed by atoms with Crippen molar-refractivity contribution >= 4 is 5.78 Å². The number of benzene rings is 1. The molecule has 4 aliphatic rings. The third-order valence-corrected chi connectivity index (χ3v) is 7.04. The average molecular weight is 430 g/mol. The monoisotopic (exact) mass is 430 g/mol. The van der Waals surface area contributed by atoms with Gasteiger partial charge >= 0.3 is 0 Å². The fourth-order valence-corrected chi connectivity index (χ4v) is 5.49. The van der Waals surface area contributed by atoms with Crippen LogP contribution in [0.5, 0.6) is 23.0 Å². The Morgan fingerprint density at radius 1 is 1.03 bits per heavy atom. The van der Waals surface area contributed by atoms with Crippen molar-refractivity contribution in [2.24, 2.45) is 17.8 Å². The fraction of sp³-hybridized carbons (Fsp3) is 0.522.